The highest BCUT2D eigenvalue weighted by atomic mass is 16.5. The lowest BCUT2D eigenvalue weighted by Gasteiger charge is -2.25. The summed E-state index contributed by atoms with van der Waals surface area (Å²) in [5, 5.41) is 0. The fraction of sp³-hybridized carbons (Fsp3) is 0.350. The summed E-state index contributed by atoms with van der Waals surface area (Å²) in [6.07, 6.45) is 1.96. The van der Waals surface area contributed by atoms with E-state index in [0.717, 1.165) is 30.7 Å². The maximum absolute atomic E-state index is 13.0. The number of hydrogen-bond acceptors (Lipinski definition) is 4. The van der Waals surface area contributed by atoms with Gasteiger partial charge >= 0.3 is 0 Å². The van der Waals surface area contributed by atoms with Crippen molar-refractivity contribution in [2.75, 3.05) is 27.9 Å². The number of rotatable bonds is 5. The van der Waals surface area contributed by atoms with Crippen LogP contribution in [0.5, 0.6) is 17.2 Å². The van der Waals surface area contributed by atoms with Gasteiger partial charge in [-0.1, -0.05) is 12.1 Å². The smallest absolute Gasteiger partial charge is 0.254 e. The zero-order valence-electron chi connectivity index (χ0n) is 14.8. The minimum absolute atomic E-state index is 0.0132. The minimum atomic E-state index is 0.0132. The molecule has 0 spiro atoms. The van der Waals surface area contributed by atoms with Crippen LogP contribution in [0.2, 0.25) is 0 Å². The zero-order chi connectivity index (χ0) is 17.8. The van der Waals surface area contributed by atoms with Crippen LogP contribution in [0.3, 0.4) is 0 Å². The van der Waals surface area contributed by atoms with Crippen LogP contribution in [-0.4, -0.2) is 38.7 Å². The van der Waals surface area contributed by atoms with Gasteiger partial charge in [-0.15, -0.1) is 0 Å². The Kier molecular flexibility index (Phi) is 5.12. The van der Waals surface area contributed by atoms with E-state index in [0.29, 0.717) is 17.1 Å². The molecule has 2 aromatic rings. The van der Waals surface area contributed by atoms with Crippen molar-refractivity contribution in [2.24, 2.45) is 0 Å². The molecule has 3 rings (SSSR count). The first kappa shape index (κ1) is 17.1. The van der Waals surface area contributed by atoms with Crippen molar-refractivity contribution in [3.05, 3.63) is 53.6 Å². The maximum Gasteiger partial charge on any atom is 0.254 e. The van der Waals surface area contributed by atoms with Crippen molar-refractivity contribution in [3.63, 3.8) is 0 Å². The number of carbonyl (C=O) groups excluding carboxylic acids is 1. The van der Waals surface area contributed by atoms with E-state index in [2.05, 4.69) is 0 Å². The minimum Gasteiger partial charge on any atom is -0.497 e. The number of methoxy groups -OCH3 is 3. The van der Waals surface area contributed by atoms with Gasteiger partial charge in [-0.2, -0.15) is 0 Å². The van der Waals surface area contributed by atoms with Gasteiger partial charge in [-0.3, -0.25) is 4.79 Å². The van der Waals surface area contributed by atoms with Crippen molar-refractivity contribution >= 4 is 5.91 Å². The van der Waals surface area contributed by atoms with Gasteiger partial charge < -0.3 is 19.1 Å². The van der Waals surface area contributed by atoms with Gasteiger partial charge in [-0.05, 0) is 48.7 Å². The first-order valence-corrected chi connectivity index (χ1v) is 8.35. The molecule has 2 aromatic carbocycles. The maximum atomic E-state index is 13.0. The lowest BCUT2D eigenvalue weighted by Crippen LogP contribution is -2.30. The average molecular weight is 341 g/mol. The van der Waals surface area contributed by atoms with Crippen LogP contribution in [0, 0.1) is 0 Å². The summed E-state index contributed by atoms with van der Waals surface area (Å²) in [5.74, 6) is 2.01. The normalized spacial score (nSPS) is 16.6. The molecule has 5 heteroatoms. The lowest BCUT2D eigenvalue weighted by atomic mass is 10.0. The van der Waals surface area contributed by atoms with E-state index in [1.807, 2.05) is 29.2 Å². The molecule has 1 aliphatic heterocycles. The third kappa shape index (κ3) is 3.40. The number of hydrogen-bond donors (Lipinski definition) is 0. The van der Waals surface area contributed by atoms with Gasteiger partial charge in [0, 0.05) is 12.1 Å². The summed E-state index contributed by atoms with van der Waals surface area (Å²) in [6.45, 7) is 0.754. The molecule has 0 N–H and O–H groups in total. The largest absolute Gasteiger partial charge is 0.497 e. The van der Waals surface area contributed by atoms with Gasteiger partial charge in [0.1, 0.15) is 5.75 Å². The molecular formula is C20H23NO4. The number of likely N-dealkylation sites (tertiary alicyclic amines) is 1. The summed E-state index contributed by atoms with van der Waals surface area (Å²) in [6, 6.07) is 13.3. The Bertz CT molecular complexity index is 742. The quantitative estimate of drug-likeness (QED) is 0.832. The number of benzene rings is 2. The Balaban J connectivity index is 1.85. The van der Waals surface area contributed by atoms with Crippen molar-refractivity contribution < 1.29 is 19.0 Å². The molecule has 0 aromatic heterocycles. The fourth-order valence-electron chi connectivity index (χ4n) is 3.32. The second kappa shape index (κ2) is 7.47. The molecular weight excluding hydrogens is 318 g/mol. The molecule has 0 saturated carbocycles. The molecule has 132 valence electrons. The summed E-state index contributed by atoms with van der Waals surface area (Å²) < 4.78 is 15.8. The SMILES string of the molecule is COc1ccc([C@H]2CCCN2C(=O)c2ccc(OC)c(OC)c2)cc1. The summed E-state index contributed by atoms with van der Waals surface area (Å²) in [7, 11) is 4.80. The summed E-state index contributed by atoms with van der Waals surface area (Å²) in [5.41, 5.74) is 1.74. The zero-order valence-corrected chi connectivity index (χ0v) is 14.8. The summed E-state index contributed by atoms with van der Waals surface area (Å²) in [4.78, 5) is 15.0. The Morgan fingerprint density at radius 3 is 2.32 bits per heavy atom. The van der Waals surface area contributed by atoms with Crippen molar-refractivity contribution in [1.82, 2.24) is 4.90 Å². The highest BCUT2D eigenvalue weighted by Crippen LogP contribution is 2.35. The van der Waals surface area contributed by atoms with E-state index in [1.54, 1.807) is 39.5 Å². The predicted octanol–water partition coefficient (Wildman–Crippen LogP) is 3.69. The van der Waals surface area contributed by atoms with Crippen molar-refractivity contribution in [3.8, 4) is 17.2 Å². The molecule has 1 aliphatic rings. The third-order valence-electron chi connectivity index (χ3n) is 4.64. The standard InChI is InChI=1S/C20H23NO4/c1-23-16-9-6-14(7-10-16)17-5-4-12-21(17)20(22)15-8-11-18(24-2)19(13-15)25-3/h6-11,13,17H,4-5,12H2,1-3H3/t17-/m1/s1. The van der Waals surface area contributed by atoms with E-state index in [-0.39, 0.29) is 11.9 Å². The van der Waals surface area contributed by atoms with Gasteiger partial charge in [0.25, 0.3) is 5.91 Å². The van der Waals surface area contributed by atoms with Crippen molar-refractivity contribution in [1.29, 1.82) is 0 Å². The van der Waals surface area contributed by atoms with Gasteiger partial charge in [0.05, 0.1) is 27.4 Å². The third-order valence-corrected chi connectivity index (χ3v) is 4.64. The van der Waals surface area contributed by atoms with Crippen LogP contribution in [0.25, 0.3) is 0 Å². The van der Waals surface area contributed by atoms with Crippen LogP contribution in [0.1, 0.15) is 34.8 Å². The molecule has 1 saturated heterocycles. The van der Waals surface area contributed by atoms with Crippen LogP contribution in [0.4, 0.5) is 0 Å². The Morgan fingerprint density at radius 2 is 1.68 bits per heavy atom. The second-order valence-electron chi connectivity index (χ2n) is 6.00. The monoisotopic (exact) mass is 341 g/mol. The average Bonchev–Trinajstić information content (AvgIpc) is 3.16. The Labute approximate surface area is 148 Å². The van der Waals surface area contributed by atoms with Crippen LogP contribution >= 0.6 is 0 Å². The first-order valence-electron chi connectivity index (χ1n) is 8.35. The van der Waals surface area contributed by atoms with E-state index in [4.69, 9.17) is 14.2 Å². The second-order valence-corrected chi connectivity index (χ2v) is 6.00. The van der Waals surface area contributed by atoms with E-state index >= 15 is 0 Å². The van der Waals surface area contributed by atoms with E-state index in [9.17, 15) is 4.79 Å². The van der Waals surface area contributed by atoms with Gasteiger partial charge in [0.2, 0.25) is 0 Å². The molecule has 0 aliphatic carbocycles. The van der Waals surface area contributed by atoms with Crippen molar-refractivity contribution in [2.45, 2.75) is 18.9 Å². The number of nitrogens with zero attached hydrogens (tertiary/aromatic N) is 1. The highest BCUT2D eigenvalue weighted by Gasteiger charge is 2.31. The molecule has 1 fully saturated rings. The van der Waals surface area contributed by atoms with Gasteiger partial charge in [-0.25, -0.2) is 0 Å². The van der Waals surface area contributed by atoms with Crippen LogP contribution in [0.15, 0.2) is 42.5 Å². The molecule has 5 nitrogen and oxygen atoms in total. The molecule has 1 heterocycles. The predicted molar refractivity (Wildman–Crippen MR) is 95.6 cm³/mol. The molecule has 0 bridgehead atoms. The van der Waals surface area contributed by atoms with Crippen LogP contribution in [-0.2, 0) is 0 Å². The van der Waals surface area contributed by atoms with E-state index in [1.165, 1.54) is 0 Å². The molecule has 0 radical (unpaired) electrons. The lowest BCUT2D eigenvalue weighted by molar-refractivity contribution is 0.0735. The van der Waals surface area contributed by atoms with Gasteiger partial charge in [0.15, 0.2) is 11.5 Å². The molecule has 1 amide bonds. The Hall–Kier alpha value is -2.69. The fourth-order valence-corrected chi connectivity index (χ4v) is 3.32. The number of carbonyl (C=O) groups is 1. The highest BCUT2D eigenvalue weighted by molar-refractivity contribution is 5.95. The Morgan fingerprint density at radius 1 is 0.960 bits per heavy atom. The van der Waals surface area contributed by atoms with Crippen LogP contribution < -0.4 is 14.2 Å². The molecule has 1 atom stereocenters. The first-order chi connectivity index (χ1) is 12.2. The summed E-state index contributed by atoms with van der Waals surface area (Å²) >= 11 is 0. The number of ether oxygens (including phenoxy) is 3. The molecule has 25 heavy (non-hydrogen) atoms. The topological polar surface area (TPSA) is 48.0 Å². The number of amides is 1. The molecule has 0 unspecified atom stereocenters. The van der Waals surface area contributed by atoms with E-state index < -0.39 is 0 Å².